The van der Waals surface area contributed by atoms with E-state index in [1.807, 2.05) is 37.3 Å². The highest BCUT2D eigenvalue weighted by molar-refractivity contribution is 5.36. The van der Waals surface area contributed by atoms with Crippen LogP contribution in [0.25, 0.3) is 0 Å². The van der Waals surface area contributed by atoms with E-state index < -0.39 is 0 Å². The highest BCUT2D eigenvalue weighted by Gasteiger charge is 2.01. The molecule has 0 atom stereocenters. The Bertz CT molecular complexity index is 614. The van der Waals surface area contributed by atoms with Crippen LogP contribution in [-0.2, 0) is 13.1 Å². The van der Waals surface area contributed by atoms with Crippen molar-refractivity contribution in [2.24, 2.45) is 0 Å². The zero-order chi connectivity index (χ0) is 13.7. The lowest BCUT2D eigenvalue weighted by Crippen LogP contribution is -2.13. The van der Waals surface area contributed by atoms with E-state index in [1.54, 1.807) is 12.1 Å². The van der Waals surface area contributed by atoms with Crippen LogP contribution in [0.1, 0.15) is 22.3 Å². The van der Waals surface area contributed by atoms with Crippen LogP contribution in [0, 0.1) is 18.3 Å². The SMILES string of the molecule is Cc1ccc(O)c(CNCc2cccc(C#N)c2)c1. The van der Waals surface area contributed by atoms with E-state index in [4.69, 9.17) is 5.26 Å². The molecule has 2 aromatic rings. The number of nitrogens with one attached hydrogen (secondary N) is 1. The third-order valence-electron chi connectivity index (χ3n) is 2.94. The summed E-state index contributed by atoms with van der Waals surface area (Å²) in [6, 6.07) is 15.2. The molecule has 0 spiro atoms. The van der Waals surface area contributed by atoms with Gasteiger partial charge in [0.15, 0.2) is 0 Å². The van der Waals surface area contributed by atoms with Crippen molar-refractivity contribution in [2.45, 2.75) is 20.0 Å². The number of aromatic hydroxyl groups is 1. The third-order valence-corrected chi connectivity index (χ3v) is 2.94. The van der Waals surface area contributed by atoms with Crippen LogP contribution in [-0.4, -0.2) is 5.11 Å². The maximum atomic E-state index is 9.73. The summed E-state index contributed by atoms with van der Waals surface area (Å²) < 4.78 is 0. The van der Waals surface area contributed by atoms with E-state index in [2.05, 4.69) is 11.4 Å². The Morgan fingerprint density at radius 1 is 1.16 bits per heavy atom. The van der Waals surface area contributed by atoms with Crippen LogP contribution in [0.2, 0.25) is 0 Å². The number of benzene rings is 2. The Balaban J connectivity index is 1.96. The number of hydrogen-bond acceptors (Lipinski definition) is 3. The molecule has 0 saturated carbocycles. The number of rotatable bonds is 4. The molecule has 0 unspecified atom stereocenters. The highest BCUT2D eigenvalue weighted by atomic mass is 16.3. The molecule has 3 nitrogen and oxygen atoms in total. The van der Waals surface area contributed by atoms with E-state index in [0.29, 0.717) is 24.4 Å². The summed E-state index contributed by atoms with van der Waals surface area (Å²) in [6.45, 7) is 3.27. The number of phenolic OH excluding ortho intramolecular Hbond substituents is 1. The minimum absolute atomic E-state index is 0.309. The fourth-order valence-corrected chi connectivity index (χ4v) is 1.95. The fourth-order valence-electron chi connectivity index (χ4n) is 1.95. The van der Waals surface area contributed by atoms with Crippen LogP contribution in [0.15, 0.2) is 42.5 Å². The van der Waals surface area contributed by atoms with E-state index in [9.17, 15) is 5.11 Å². The smallest absolute Gasteiger partial charge is 0.120 e. The second-order valence-corrected chi connectivity index (χ2v) is 4.55. The van der Waals surface area contributed by atoms with Crippen molar-refractivity contribution in [1.82, 2.24) is 5.32 Å². The quantitative estimate of drug-likeness (QED) is 0.879. The standard InChI is InChI=1S/C16H16N2O/c1-12-5-6-16(19)15(7-12)11-18-10-14-4-2-3-13(8-14)9-17/h2-8,18-19H,10-11H2,1H3. The van der Waals surface area contributed by atoms with Gasteiger partial charge in [-0.15, -0.1) is 0 Å². The maximum Gasteiger partial charge on any atom is 0.120 e. The van der Waals surface area contributed by atoms with Crippen molar-refractivity contribution in [1.29, 1.82) is 5.26 Å². The predicted molar refractivity (Wildman–Crippen MR) is 74.5 cm³/mol. The molecule has 0 fully saturated rings. The van der Waals surface area contributed by atoms with Crippen LogP contribution in [0.4, 0.5) is 0 Å². The summed E-state index contributed by atoms with van der Waals surface area (Å²) in [5.74, 6) is 0.309. The summed E-state index contributed by atoms with van der Waals surface area (Å²) in [4.78, 5) is 0. The van der Waals surface area contributed by atoms with Crippen molar-refractivity contribution in [2.75, 3.05) is 0 Å². The van der Waals surface area contributed by atoms with Gasteiger partial charge in [-0.3, -0.25) is 0 Å². The van der Waals surface area contributed by atoms with E-state index in [0.717, 1.165) is 16.7 Å². The van der Waals surface area contributed by atoms with Crippen LogP contribution in [0.5, 0.6) is 5.75 Å². The molecule has 2 rings (SSSR count). The zero-order valence-corrected chi connectivity index (χ0v) is 10.9. The van der Waals surface area contributed by atoms with Crippen molar-refractivity contribution >= 4 is 0 Å². The van der Waals surface area contributed by atoms with Gasteiger partial charge in [0.05, 0.1) is 11.6 Å². The van der Waals surface area contributed by atoms with Crippen molar-refractivity contribution in [3.63, 3.8) is 0 Å². The first kappa shape index (κ1) is 13.1. The van der Waals surface area contributed by atoms with Gasteiger partial charge in [-0.05, 0) is 30.7 Å². The number of aryl methyl sites for hydroxylation is 1. The Kier molecular flexibility index (Phi) is 4.17. The lowest BCUT2D eigenvalue weighted by Gasteiger charge is -2.08. The maximum absolute atomic E-state index is 9.73. The van der Waals surface area contributed by atoms with Crippen molar-refractivity contribution in [3.8, 4) is 11.8 Å². The molecule has 0 aliphatic rings. The second-order valence-electron chi connectivity index (χ2n) is 4.55. The monoisotopic (exact) mass is 252 g/mol. The van der Waals surface area contributed by atoms with E-state index in [-0.39, 0.29) is 0 Å². The van der Waals surface area contributed by atoms with Gasteiger partial charge >= 0.3 is 0 Å². The molecule has 2 aromatic carbocycles. The first-order chi connectivity index (χ1) is 9.19. The topological polar surface area (TPSA) is 56.0 Å². The molecule has 19 heavy (non-hydrogen) atoms. The molecule has 0 saturated heterocycles. The lowest BCUT2D eigenvalue weighted by atomic mass is 10.1. The third kappa shape index (κ3) is 3.57. The normalized spacial score (nSPS) is 10.1. The molecule has 2 N–H and O–H groups in total. The van der Waals surface area contributed by atoms with Gasteiger partial charge in [0.25, 0.3) is 0 Å². The first-order valence-corrected chi connectivity index (χ1v) is 6.17. The fraction of sp³-hybridized carbons (Fsp3) is 0.188. The van der Waals surface area contributed by atoms with Gasteiger partial charge in [-0.2, -0.15) is 5.26 Å². The van der Waals surface area contributed by atoms with E-state index >= 15 is 0 Å². The Morgan fingerprint density at radius 2 is 2.00 bits per heavy atom. The van der Waals surface area contributed by atoms with E-state index in [1.165, 1.54) is 0 Å². The molecular weight excluding hydrogens is 236 g/mol. The molecule has 0 radical (unpaired) electrons. The van der Waals surface area contributed by atoms with Gasteiger partial charge in [0.1, 0.15) is 5.75 Å². The van der Waals surface area contributed by atoms with Gasteiger partial charge in [0.2, 0.25) is 0 Å². The zero-order valence-electron chi connectivity index (χ0n) is 10.9. The summed E-state index contributed by atoms with van der Waals surface area (Å²) >= 11 is 0. The molecule has 0 heterocycles. The second kappa shape index (κ2) is 6.03. The molecular formula is C16H16N2O. The van der Waals surface area contributed by atoms with Crippen molar-refractivity contribution in [3.05, 3.63) is 64.7 Å². The van der Waals surface area contributed by atoms with Crippen molar-refractivity contribution < 1.29 is 5.11 Å². The molecule has 0 aliphatic heterocycles. The molecule has 96 valence electrons. The summed E-state index contributed by atoms with van der Waals surface area (Å²) in [5, 5.41) is 21.8. The van der Waals surface area contributed by atoms with Gasteiger partial charge in [0, 0.05) is 18.7 Å². The predicted octanol–water partition coefficient (Wildman–Crippen LogP) is 2.86. The van der Waals surface area contributed by atoms with Gasteiger partial charge in [-0.1, -0.05) is 29.8 Å². The number of nitrogens with zero attached hydrogens (tertiary/aromatic N) is 1. The average Bonchev–Trinajstić information content (AvgIpc) is 2.43. The summed E-state index contributed by atoms with van der Waals surface area (Å²) in [7, 11) is 0. The summed E-state index contributed by atoms with van der Waals surface area (Å²) in [6.07, 6.45) is 0. The lowest BCUT2D eigenvalue weighted by molar-refractivity contribution is 0.464. The largest absolute Gasteiger partial charge is 0.508 e. The minimum atomic E-state index is 0.309. The average molecular weight is 252 g/mol. The molecule has 0 aliphatic carbocycles. The van der Waals surface area contributed by atoms with Gasteiger partial charge in [-0.25, -0.2) is 0 Å². The molecule has 3 heteroatoms. The Hall–Kier alpha value is -2.31. The molecule has 0 aromatic heterocycles. The number of phenols is 1. The first-order valence-electron chi connectivity index (χ1n) is 6.17. The minimum Gasteiger partial charge on any atom is -0.508 e. The van der Waals surface area contributed by atoms with Gasteiger partial charge < -0.3 is 10.4 Å². The summed E-state index contributed by atoms with van der Waals surface area (Å²) in [5.41, 5.74) is 3.74. The number of hydrogen-bond donors (Lipinski definition) is 2. The van der Waals surface area contributed by atoms with Crippen LogP contribution in [0.3, 0.4) is 0 Å². The Morgan fingerprint density at radius 3 is 2.79 bits per heavy atom. The van der Waals surface area contributed by atoms with Crippen LogP contribution >= 0.6 is 0 Å². The molecule has 0 bridgehead atoms. The number of nitriles is 1. The Labute approximate surface area is 113 Å². The highest BCUT2D eigenvalue weighted by Crippen LogP contribution is 2.17. The van der Waals surface area contributed by atoms with Crippen LogP contribution < -0.4 is 5.32 Å². The molecule has 0 amide bonds.